The number of nitrogens with one attached hydrogen (secondary N) is 1. The molecule has 0 aliphatic carbocycles. The van der Waals surface area contributed by atoms with Gasteiger partial charge >= 0.3 is 0 Å². The van der Waals surface area contributed by atoms with Crippen LogP contribution in [0, 0.1) is 33.1 Å². The lowest BCUT2D eigenvalue weighted by Crippen LogP contribution is -2.65. The zero-order chi connectivity index (χ0) is 25.0. The van der Waals surface area contributed by atoms with Crippen molar-refractivity contribution in [2.45, 2.75) is 99.8 Å². The minimum Gasteiger partial charge on any atom is -0.481 e. The maximum absolute atomic E-state index is 7.24. The Hall–Kier alpha value is -1.84. The lowest BCUT2D eigenvalue weighted by Gasteiger charge is -2.55. The number of hydrogen-bond acceptors (Lipinski definition) is 3. The van der Waals surface area contributed by atoms with Crippen LogP contribution in [-0.4, -0.2) is 11.1 Å². The van der Waals surface area contributed by atoms with E-state index in [1.54, 1.807) is 0 Å². The van der Waals surface area contributed by atoms with Gasteiger partial charge in [0.15, 0.2) is 0 Å². The first kappa shape index (κ1) is 25.8. The van der Waals surface area contributed by atoms with Crippen molar-refractivity contribution >= 4 is 22.1 Å². The van der Waals surface area contributed by atoms with Crippen LogP contribution in [0.1, 0.15) is 81.8 Å². The van der Waals surface area contributed by atoms with E-state index in [-0.39, 0.29) is 16.5 Å². The number of ether oxygens (including phenoxy) is 1. The second kappa shape index (κ2) is 8.43. The zero-order valence-corrected chi connectivity index (χ0v) is 23.6. The molecule has 1 atom stereocenters. The molecule has 180 valence electrons. The van der Waals surface area contributed by atoms with Crippen LogP contribution in [-0.2, 0) is 5.60 Å². The van der Waals surface area contributed by atoms with Gasteiger partial charge < -0.3 is 10.1 Å². The van der Waals surface area contributed by atoms with Gasteiger partial charge in [-0.15, -0.1) is 11.3 Å². The largest absolute Gasteiger partial charge is 0.481 e. The molecule has 1 aromatic heterocycles. The molecule has 0 saturated carbocycles. The van der Waals surface area contributed by atoms with Crippen molar-refractivity contribution in [3.63, 3.8) is 0 Å². The Bertz CT molecular complexity index is 1160. The van der Waals surface area contributed by atoms with E-state index in [2.05, 4.69) is 125 Å². The summed E-state index contributed by atoms with van der Waals surface area (Å²) in [6.45, 7) is 27.2. The van der Waals surface area contributed by atoms with Crippen LogP contribution in [0.15, 0.2) is 36.4 Å². The molecule has 3 rings (SSSR count). The number of rotatable bonds is 6. The van der Waals surface area contributed by atoms with Crippen LogP contribution in [0.25, 0.3) is 10.8 Å². The summed E-state index contributed by atoms with van der Waals surface area (Å²) in [6.07, 6.45) is 0. The third-order valence-corrected chi connectivity index (χ3v) is 9.49. The summed E-state index contributed by atoms with van der Waals surface area (Å²) >= 11 is 1.88. The van der Waals surface area contributed by atoms with Crippen molar-refractivity contribution in [1.82, 2.24) is 5.32 Å². The molecule has 0 bridgehead atoms. The predicted octanol–water partition coefficient (Wildman–Crippen LogP) is 8.62. The fourth-order valence-corrected chi connectivity index (χ4v) is 6.48. The summed E-state index contributed by atoms with van der Waals surface area (Å²) in [5.74, 6) is 0.946. The molecule has 0 unspecified atom stereocenters. The molecule has 1 N–H and O–H groups in total. The first-order chi connectivity index (χ1) is 15.0. The smallest absolute Gasteiger partial charge is 0.147 e. The van der Waals surface area contributed by atoms with Crippen molar-refractivity contribution in [2.75, 3.05) is 0 Å². The van der Waals surface area contributed by atoms with Crippen LogP contribution < -0.4 is 10.1 Å². The van der Waals surface area contributed by atoms with E-state index < -0.39 is 5.60 Å². The molecule has 3 aromatic rings. The Morgan fingerprint density at radius 1 is 0.727 bits per heavy atom. The summed E-state index contributed by atoms with van der Waals surface area (Å²) in [4.78, 5) is 2.68. The lowest BCUT2D eigenvalue weighted by atomic mass is 9.62. The minimum atomic E-state index is -0.555. The normalized spacial score (nSPS) is 15.0. The second-order valence-corrected chi connectivity index (χ2v) is 13.1. The summed E-state index contributed by atoms with van der Waals surface area (Å²) in [5.41, 5.74) is 2.95. The highest BCUT2D eigenvalue weighted by atomic mass is 32.1. The molecule has 0 amide bonds. The van der Waals surface area contributed by atoms with Crippen molar-refractivity contribution in [3.05, 3.63) is 62.8 Å². The van der Waals surface area contributed by atoms with Gasteiger partial charge in [-0.2, -0.15) is 0 Å². The van der Waals surface area contributed by atoms with Crippen LogP contribution in [0.5, 0.6) is 5.75 Å². The van der Waals surface area contributed by atoms with Gasteiger partial charge in [-0.3, -0.25) is 0 Å². The highest BCUT2D eigenvalue weighted by molar-refractivity contribution is 7.12. The standard InChI is InChI=1S/C30H43NOS/c1-19-17-18-25(24-16-14-13-15-23(19)24)32-30(12,26-21(3)20(2)22(4)33-26)28(8,9)29(10,11)31-27(5,6)7/h13-18,31H,1-12H3/t30-/m1/s1. The van der Waals surface area contributed by atoms with Gasteiger partial charge in [0.2, 0.25) is 0 Å². The summed E-state index contributed by atoms with van der Waals surface area (Å²) in [5, 5.41) is 6.33. The van der Waals surface area contributed by atoms with Crippen molar-refractivity contribution < 1.29 is 4.74 Å². The van der Waals surface area contributed by atoms with Crippen LogP contribution in [0.2, 0.25) is 0 Å². The number of aryl methyl sites for hydroxylation is 2. The van der Waals surface area contributed by atoms with E-state index in [0.29, 0.717) is 0 Å². The number of thiophene rings is 1. The fraction of sp³-hybridized carbons (Fsp3) is 0.533. The average molecular weight is 466 g/mol. The molecule has 0 radical (unpaired) electrons. The first-order valence-electron chi connectivity index (χ1n) is 12.1. The predicted molar refractivity (Wildman–Crippen MR) is 146 cm³/mol. The molecular formula is C30H43NOS. The summed E-state index contributed by atoms with van der Waals surface area (Å²) < 4.78 is 7.24. The third kappa shape index (κ3) is 4.47. The van der Waals surface area contributed by atoms with Gasteiger partial charge in [-0.1, -0.05) is 44.2 Å². The van der Waals surface area contributed by atoms with Gasteiger partial charge in [0, 0.05) is 26.8 Å². The first-order valence-corrected chi connectivity index (χ1v) is 12.9. The Labute approximate surface area is 205 Å². The van der Waals surface area contributed by atoms with Crippen LogP contribution in [0.3, 0.4) is 0 Å². The highest BCUT2D eigenvalue weighted by Crippen LogP contribution is 2.53. The van der Waals surface area contributed by atoms with Gasteiger partial charge in [-0.05, 0) is 97.4 Å². The van der Waals surface area contributed by atoms with Crippen molar-refractivity contribution in [2.24, 2.45) is 5.41 Å². The Balaban J connectivity index is 2.28. The molecule has 33 heavy (non-hydrogen) atoms. The zero-order valence-electron chi connectivity index (χ0n) is 22.8. The monoisotopic (exact) mass is 465 g/mol. The van der Waals surface area contributed by atoms with E-state index in [1.165, 1.54) is 37.2 Å². The maximum atomic E-state index is 7.24. The number of hydrogen-bond donors (Lipinski definition) is 1. The maximum Gasteiger partial charge on any atom is 0.147 e. The van der Waals surface area contributed by atoms with Crippen LogP contribution >= 0.6 is 11.3 Å². The second-order valence-electron chi connectivity index (χ2n) is 11.9. The fourth-order valence-electron chi connectivity index (χ4n) is 5.07. The van der Waals surface area contributed by atoms with E-state index in [9.17, 15) is 0 Å². The molecule has 0 saturated heterocycles. The van der Waals surface area contributed by atoms with Gasteiger partial charge in [-0.25, -0.2) is 0 Å². The quantitative estimate of drug-likeness (QED) is 0.393. The van der Waals surface area contributed by atoms with E-state index >= 15 is 0 Å². The molecule has 3 heteroatoms. The molecule has 0 spiro atoms. The van der Waals surface area contributed by atoms with Crippen LogP contribution in [0.4, 0.5) is 0 Å². The van der Waals surface area contributed by atoms with Crippen molar-refractivity contribution in [3.8, 4) is 5.75 Å². The van der Waals surface area contributed by atoms with E-state index in [1.807, 2.05) is 11.3 Å². The van der Waals surface area contributed by atoms with Gasteiger partial charge in [0.05, 0.1) is 4.88 Å². The minimum absolute atomic E-state index is 0.0193. The van der Waals surface area contributed by atoms with Gasteiger partial charge in [0.25, 0.3) is 0 Å². The topological polar surface area (TPSA) is 21.3 Å². The summed E-state index contributed by atoms with van der Waals surface area (Å²) in [6, 6.07) is 12.9. The molecule has 0 aliphatic heterocycles. The molecule has 2 aromatic carbocycles. The molecule has 0 aliphatic rings. The Kier molecular flexibility index (Phi) is 6.58. The van der Waals surface area contributed by atoms with E-state index in [4.69, 9.17) is 4.74 Å². The molecule has 1 heterocycles. The Morgan fingerprint density at radius 3 is 1.82 bits per heavy atom. The molecular weight excluding hydrogens is 422 g/mol. The lowest BCUT2D eigenvalue weighted by molar-refractivity contribution is -0.0827. The number of fused-ring (bicyclic) bond motifs is 1. The summed E-state index contributed by atoms with van der Waals surface area (Å²) in [7, 11) is 0. The van der Waals surface area contributed by atoms with E-state index in [0.717, 1.165) is 5.75 Å². The Morgan fingerprint density at radius 2 is 1.30 bits per heavy atom. The molecule has 0 fully saturated rings. The third-order valence-electron chi connectivity index (χ3n) is 7.98. The number of benzene rings is 2. The average Bonchev–Trinajstić information content (AvgIpc) is 2.96. The highest BCUT2D eigenvalue weighted by Gasteiger charge is 2.55. The van der Waals surface area contributed by atoms with Gasteiger partial charge in [0.1, 0.15) is 11.4 Å². The molecule has 2 nitrogen and oxygen atoms in total. The van der Waals surface area contributed by atoms with Crippen molar-refractivity contribution in [1.29, 1.82) is 0 Å². The SMILES string of the molecule is Cc1sc([C@@](C)(Oc2ccc(C)c3ccccc23)C(C)(C)C(C)(C)NC(C)(C)C)c(C)c1C.